The van der Waals surface area contributed by atoms with Crippen molar-refractivity contribution in [3.63, 3.8) is 0 Å². The largest absolute Gasteiger partial charge is 0.383 e. The second kappa shape index (κ2) is 3.69. The number of piperidine rings is 1. The fourth-order valence-corrected chi connectivity index (χ4v) is 3.21. The molecule has 13 heavy (non-hydrogen) atoms. The van der Waals surface area contributed by atoms with Gasteiger partial charge in [0.15, 0.2) is 0 Å². The Morgan fingerprint density at radius 1 is 1.62 bits per heavy atom. The molecule has 0 spiro atoms. The first-order chi connectivity index (χ1) is 6.21. The number of aliphatic hydroxyl groups is 1. The van der Waals surface area contributed by atoms with Gasteiger partial charge in [0.05, 0.1) is 0 Å². The van der Waals surface area contributed by atoms with Crippen molar-refractivity contribution in [3.8, 4) is 0 Å². The van der Waals surface area contributed by atoms with Gasteiger partial charge in [-0.15, -0.1) is 11.3 Å². The van der Waals surface area contributed by atoms with Gasteiger partial charge < -0.3 is 10.4 Å². The van der Waals surface area contributed by atoms with Crippen molar-refractivity contribution in [1.29, 1.82) is 0 Å². The van der Waals surface area contributed by atoms with E-state index in [0.717, 1.165) is 28.7 Å². The first-order valence-corrected chi connectivity index (χ1v) is 6.06. The third-order valence-electron chi connectivity index (χ3n) is 2.39. The molecule has 2 nitrogen and oxygen atoms in total. The minimum atomic E-state index is -0.630. The Labute approximate surface area is 90.1 Å². The van der Waals surface area contributed by atoms with E-state index >= 15 is 0 Å². The molecule has 72 valence electrons. The molecule has 1 atom stereocenters. The van der Waals surface area contributed by atoms with Crippen molar-refractivity contribution >= 4 is 27.3 Å². The maximum Gasteiger partial charge on any atom is 0.111 e. The van der Waals surface area contributed by atoms with Crippen LogP contribution in [0.15, 0.2) is 15.9 Å². The zero-order valence-electron chi connectivity index (χ0n) is 7.22. The van der Waals surface area contributed by atoms with Crippen LogP contribution in [0.2, 0.25) is 0 Å². The summed E-state index contributed by atoms with van der Waals surface area (Å²) in [5.41, 5.74) is -0.630. The topological polar surface area (TPSA) is 32.3 Å². The van der Waals surface area contributed by atoms with Gasteiger partial charge >= 0.3 is 0 Å². The van der Waals surface area contributed by atoms with E-state index in [2.05, 4.69) is 21.2 Å². The normalized spacial score (nSPS) is 29.1. The maximum absolute atomic E-state index is 10.3. The van der Waals surface area contributed by atoms with Crippen LogP contribution in [0.5, 0.6) is 0 Å². The van der Waals surface area contributed by atoms with Crippen molar-refractivity contribution < 1.29 is 5.11 Å². The van der Waals surface area contributed by atoms with Crippen LogP contribution in [0.25, 0.3) is 0 Å². The lowest BCUT2D eigenvalue weighted by Gasteiger charge is -2.31. The van der Waals surface area contributed by atoms with Gasteiger partial charge in [-0.2, -0.15) is 0 Å². The first kappa shape index (κ1) is 9.65. The molecule has 1 aliphatic rings. The van der Waals surface area contributed by atoms with Gasteiger partial charge in [-0.25, -0.2) is 0 Å². The summed E-state index contributed by atoms with van der Waals surface area (Å²) < 4.78 is 1.06. The maximum atomic E-state index is 10.3. The van der Waals surface area contributed by atoms with Crippen LogP contribution < -0.4 is 5.32 Å². The molecule has 2 rings (SSSR count). The fraction of sp³-hybridized carbons (Fsp3) is 0.556. The van der Waals surface area contributed by atoms with Crippen LogP contribution in [-0.2, 0) is 5.60 Å². The van der Waals surface area contributed by atoms with Gasteiger partial charge in [0.1, 0.15) is 5.60 Å². The van der Waals surface area contributed by atoms with Crippen LogP contribution >= 0.6 is 27.3 Å². The first-order valence-electron chi connectivity index (χ1n) is 4.38. The van der Waals surface area contributed by atoms with Crippen molar-refractivity contribution in [2.75, 3.05) is 13.1 Å². The average Bonchev–Trinajstić information content (AvgIpc) is 2.54. The monoisotopic (exact) mass is 261 g/mol. The zero-order valence-corrected chi connectivity index (χ0v) is 9.62. The van der Waals surface area contributed by atoms with Crippen molar-refractivity contribution in [2.24, 2.45) is 0 Å². The molecule has 2 heterocycles. The zero-order chi connectivity index (χ0) is 9.31. The number of hydrogen-bond acceptors (Lipinski definition) is 3. The Bertz CT molecular complexity index is 294. The molecule has 1 fully saturated rings. The molecule has 1 aromatic heterocycles. The summed E-state index contributed by atoms with van der Waals surface area (Å²) in [6.45, 7) is 1.70. The van der Waals surface area contributed by atoms with Crippen molar-refractivity contribution in [3.05, 3.63) is 20.8 Å². The molecule has 0 amide bonds. The second-order valence-corrected chi connectivity index (χ2v) is 5.27. The summed E-state index contributed by atoms with van der Waals surface area (Å²) in [5, 5.41) is 15.5. The number of nitrogens with one attached hydrogen (secondary N) is 1. The third kappa shape index (κ3) is 1.96. The molecule has 0 aromatic carbocycles. The van der Waals surface area contributed by atoms with E-state index in [1.54, 1.807) is 11.3 Å². The molecule has 4 heteroatoms. The molecule has 1 aliphatic heterocycles. The standard InChI is InChI=1S/C9H12BrNOS/c10-7-4-8(13-5-7)9(12)2-1-3-11-6-9/h4-5,11-12H,1-3,6H2. The van der Waals surface area contributed by atoms with Gasteiger partial charge in [0.25, 0.3) is 0 Å². The van der Waals surface area contributed by atoms with Crippen molar-refractivity contribution in [2.45, 2.75) is 18.4 Å². The molecule has 0 saturated carbocycles. The third-order valence-corrected chi connectivity index (χ3v) is 4.27. The predicted octanol–water partition coefficient (Wildman–Crippen LogP) is 2.08. The van der Waals surface area contributed by atoms with E-state index in [0.29, 0.717) is 6.54 Å². The van der Waals surface area contributed by atoms with E-state index in [9.17, 15) is 5.11 Å². The van der Waals surface area contributed by atoms with Crippen LogP contribution in [0.1, 0.15) is 17.7 Å². The van der Waals surface area contributed by atoms with E-state index in [-0.39, 0.29) is 0 Å². The minimum absolute atomic E-state index is 0.630. The highest BCUT2D eigenvalue weighted by Gasteiger charge is 2.32. The van der Waals surface area contributed by atoms with Gasteiger partial charge in [0.2, 0.25) is 0 Å². The number of hydrogen-bond donors (Lipinski definition) is 2. The predicted molar refractivity (Wildman–Crippen MR) is 58.0 cm³/mol. The van der Waals surface area contributed by atoms with Gasteiger partial charge in [-0.05, 0) is 41.4 Å². The number of halogens is 1. The quantitative estimate of drug-likeness (QED) is 0.812. The van der Waals surface area contributed by atoms with E-state index in [1.165, 1.54) is 0 Å². The lowest BCUT2D eigenvalue weighted by Crippen LogP contribution is -2.42. The lowest BCUT2D eigenvalue weighted by molar-refractivity contribution is 0.0158. The molecular weight excluding hydrogens is 250 g/mol. The molecule has 0 aliphatic carbocycles. The summed E-state index contributed by atoms with van der Waals surface area (Å²) in [4.78, 5) is 1.06. The Balaban J connectivity index is 2.22. The molecule has 1 aromatic rings. The summed E-state index contributed by atoms with van der Waals surface area (Å²) in [7, 11) is 0. The van der Waals surface area contributed by atoms with Crippen LogP contribution in [0.3, 0.4) is 0 Å². The number of thiophene rings is 1. The van der Waals surface area contributed by atoms with Crippen molar-refractivity contribution in [1.82, 2.24) is 5.32 Å². The number of rotatable bonds is 1. The molecule has 2 N–H and O–H groups in total. The van der Waals surface area contributed by atoms with Gasteiger partial charge in [0, 0.05) is 21.3 Å². The van der Waals surface area contributed by atoms with Gasteiger partial charge in [-0.3, -0.25) is 0 Å². The summed E-state index contributed by atoms with van der Waals surface area (Å²) in [5.74, 6) is 0. The SMILES string of the molecule is OC1(c2cc(Br)cs2)CCCNC1. The molecule has 0 radical (unpaired) electrons. The molecule has 1 saturated heterocycles. The van der Waals surface area contributed by atoms with Crippen LogP contribution in [0.4, 0.5) is 0 Å². The average molecular weight is 262 g/mol. The van der Waals surface area contributed by atoms with E-state index in [4.69, 9.17) is 0 Å². The molecular formula is C9H12BrNOS. The molecule has 1 unspecified atom stereocenters. The summed E-state index contributed by atoms with van der Waals surface area (Å²) >= 11 is 5.02. The second-order valence-electron chi connectivity index (χ2n) is 3.44. The Morgan fingerprint density at radius 3 is 3.00 bits per heavy atom. The summed E-state index contributed by atoms with van der Waals surface area (Å²) in [6.07, 6.45) is 1.92. The van der Waals surface area contributed by atoms with E-state index in [1.807, 2.05) is 11.4 Å². The van der Waals surface area contributed by atoms with E-state index < -0.39 is 5.60 Å². The lowest BCUT2D eigenvalue weighted by atomic mass is 9.93. The highest BCUT2D eigenvalue weighted by molar-refractivity contribution is 9.10. The van der Waals surface area contributed by atoms with Gasteiger partial charge in [-0.1, -0.05) is 0 Å². The van der Waals surface area contributed by atoms with Crippen LogP contribution in [0, 0.1) is 0 Å². The molecule has 0 bridgehead atoms. The fourth-order valence-electron chi connectivity index (χ4n) is 1.66. The Kier molecular flexibility index (Phi) is 2.74. The number of β-amino-alcohol motifs (C(OH)–C–C–N with tert-alkyl or cyclic N) is 1. The minimum Gasteiger partial charge on any atom is -0.383 e. The Morgan fingerprint density at radius 2 is 2.46 bits per heavy atom. The Hall–Kier alpha value is 0.1000. The highest BCUT2D eigenvalue weighted by atomic mass is 79.9. The summed E-state index contributed by atoms with van der Waals surface area (Å²) in [6, 6.07) is 2.01. The van der Waals surface area contributed by atoms with Crippen LogP contribution in [-0.4, -0.2) is 18.2 Å². The highest BCUT2D eigenvalue weighted by Crippen LogP contribution is 2.34. The smallest absolute Gasteiger partial charge is 0.111 e.